The largest absolute Gasteiger partial charge is 0.383 e. The predicted molar refractivity (Wildman–Crippen MR) is 88.2 cm³/mol. The second-order valence-corrected chi connectivity index (χ2v) is 6.91. The summed E-state index contributed by atoms with van der Waals surface area (Å²) >= 11 is 0. The van der Waals surface area contributed by atoms with E-state index in [1.807, 2.05) is 6.92 Å². The molecule has 0 radical (unpaired) electrons. The first-order chi connectivity index (χ1) is 10.9. The van der Waals surface area contributed by atoms with Crippen molar-refractivity contribution in [2.24, 2.45) is 5.73 Å². The van der Waals surface area contributed by atoms with E-state index in [1.54, 1.807) is 12.1 Å². The van der Waals surface area contributed by atoms with E-state index in [4.69, 9.17) is 10.5 Å². The first kappa shape index (κ1) is 19.6. The zero-order valence-electron chi connectivity index (χ0n) is 13.5. The molecule has 0 saturated carbocycles. The van der Waals surface area contributed by atoms with Crippen LogP contribution < -0.4 is 15.8 Å². The minimum Gasteiger partial charge on any atom is -0.383 e. The number of sulfonamides is 1. The molecule has 0 fully saturated rings. The smallest absolute Gasteiger partial charge is 0.240 e. The molecule has 1 aromatic rings. The summed E-state index contributed by atoms with van der Waals surface area (Å²) in [5.74, 6) is -0.204. The van der Waals surface area contributed by atoms with Crippen molar-refractivity contribution in [3.8, 4) is 0 Å². The fourth-order valence-electron chi connectivity index (χ4n) is 1.91. The summed E-state index contributed by atoms with van der Waals surface area (Å²) in [5.41, 5.74) is 6.52. The Morgan fingerprint density at radius 2 is 1.96 bits per heavy atom. The van der Waals surface area contributed by atoms with E-state index >= 15 is 0 Å². The average Bonchev–Trinajstić information content (AvgIpc) is 2.53. The number of hydrogen-bond acceptors (Lipinski definition) is 5. The van der Waals surface area contributed by atoms with Gasteiger partial charge in [0.15, 0.2) is 0 Å². The summed E-state index contributed by atoms with van der Waals surface area (Å²) in [6.07, 6.45) is 1.48. The van der Waals surface area contributed by atoms with Crippen molar-refractivity contribution in [2.45, 2.75) is 37.2 Å². The first-order valence-electron chi connectivity index (χ1n) is 7.51. The Morgan fingerprint density at radius 1 is 1.30 bits per heavy atom. The van der Waals surface area contributed by atoms with Crippen LogP contribution in [0, 0.1) is 0 Å². The standard InChI is InChI=1S/C15H25N3O4S/c1-3-4-14(16)15(19)17-11-12-5-7-13(8-6-12)23(20,21)18-9-10-22-2/h5-8,14,18H,3-4,9-11,16H2,1-2H3,(H,17,19). The Labute approximate surface area is 137 Å². The van der Waals surface area contributed by atoms with Gasteiger partial charge in [-0.2, -0.15) is 0 Å². The van der Waals surface area contributed by atoms with E-state index in [9.17, 15) is 13.2 Å². The Hall–Kier alpha value is -1.48. The lowest BCUT2D eigenvalue weighted by Crippen LogP contribution is -2.40. The van der Waals surface area contributed by atoms with Crippen LogP contribution >= 0.6 is 0 Å². The number of nitrogens with one attached hydrogen (secondary N) is 2. The lowest BCUT2D eigenvalue weighted by molar-refractivity contribution is -0.122. The molecule has 0 aliphatic rings. The lowest BCUT2D eigenvalue weighted by Gasteiger charge is -2.11. The maximum absolute atomic E-state index is 12.0. The third-order valence-electron chi connectivity index (χ3n) is 3.24. The highest BCUT2D eigenvalue weighted by Crippen LogP contribution is 2.10. The van der Waals surface area contributed by atoms with Crippen LogP contribution in [0.4, 0.5) is 0 Å². The number of methoxy groups -OCH3 is 1. The topological polar surface area (TPSA) is 111 Å². The molecule has 1 rings (SSSR count). The van der Waals surface area contributed by atoms with E-state index in [-0.39, 0.29) is 17.3 Å². The van der Waals surface area contributed by atoms with E-state index in [0.717, 1.165) is 12.0 Å². The SMILES string of the molecule is CCCC(N)C(=O)NCc1ccc(S(=O)(=O)NCCOC)cc1. The number of rotatable bonds is 10. The van der Waals surface area contributed by atoms with Crippen LogP contribution in [0.5, 0.6) is 0 Å². The van der Waals surface area contributed by atoms with Gasteiger partial charge in [-0.25, -0.2) is 13.1 Å². The maximum atomic E-state index is 12.0. The minimum absolute atomic E-state index is 0.173. The van der Waals surface area contributed by atoms with Gasteiger partial charge in [-0.1, -0.05) is 25.5 Å². The zero-order chi connectivity index (χ0) is 17.3. The maximum Gasteiger partial charge on any atom is 0.240 e. The van der Waals surface area contributed by atoms with Gasteiger partial charge in [0.25, 0.3) is 0 Å². The van der Waals surface area contributed by atoms with Crippen molar-refractivity contribution >= 4 is 15.9 Å². The summed E-state index contributed by atoms with van der Waals surface area (Å²) in [6, 6.07) is 5.82. The van der Waals surface area contributed by atoms with Crippen molar-refractivity contribution in [1.29, 1.82) is 0 Å². The highest BCUT2D eigenvalue weighted by atomic mass is 32.2. The number of hydrogen-bond donors (Lipinski definition) is 3. The summed E-state index contributed by atoms with van der Waals surface area (Å²) in [7, 11) is -2.03. The molecule has 0 bridgehead atoms. The molecule has 0 aliphatic carbocycles. The molecule has 0 saturated heterocycles. The summed E-state index contributed by atoms with van der Waals surface area (Å²) in [4.78, 5) is 11.9. The van der Waals surface area contributed by atoms with Gasteiger partial charge in [0.2, 0.25) is 15.9 Å². The van der Waals surface area contributed by atoms with Crippen LogP contribution in [0.3, 0.4) is 0 Å². The Morgan fingerprint density at radius 3 is 2.52 bits per heavy atom. The monoisotopic (exact) mass is 343 g/mol. The van der Waals surface area contributed by atoms with Crippen LogP contribution in [-0.2, 0) is 26.1 Å². The second kappa shape index (κ2) is 9.61. The van der Waals surface area contributed by atoms with Crippen LogP contribution in [0.15, 0.2) is 29.2 Å². The molecule has 7 nitrogen and oxygen atoms in total. The van der Waals surface area contributed by atoms with Crippen molar-refractivity contribution in [3.05, 3.63) is 29.8 Å². The summed E-state index contributed by atoms with van der Waals surface area (Å²) in [6.45, 7) is 2.80. The molecule has 0 aromatic heterocycles. The molecule has 1 aromatic carbocycles. The molecule has 1 unspecified atom stereocenters. The van der Waals surface area contributed by atoms with Gasteiger partial charge in [0.1, 0.15) is 0 Å². The van der Waals surface area contributed by atoms with Crippen LogP contribution in [0.2, 0.25) is 0 Å². The van der Waals surface area contributed by atoms with E-state index in [1.165, 1.54) is 19.2 Å². The molecule has 0 aliphatic heterocycles. The average molecular weight is 343 g/mol. The summed E-state index contributed by atoms with van der Waals surface area (Å²) in [5, 5.41) is 2.74. The van der Waals surface area contributed by atoms with Gasteiger partial charge in [-0.05, 0) is 24.1 Å². The van der Waals surface area contributed by atoms with E-state index in [2.05, 4.69) is 10.0 Å². The minimum atomic E-state index is -3.54. The third-order valence-corrected chi connectivity index (χ3v) is 4.71. The number of benzene rings is 1. The molecule has 0 heterocycles. The molecular weight excluding hydrogens is 318 g/mol. The molecule has 1 amide bonds. The first-order valence-corrected chi connectivity index (χ1v) is 9.00. The lowest BCUT2D eigenvalue weighted by atomic mass is 10.1. The number of ether oxygens (including phenoxy) is 1. The Bertz CT molecular complexity index is 587. The molecule has 4 N–H and O–H groups in total. The quantitative estimate of drug-likeness (QED) is 0.531. The number of amides is 1. The molecule has 0 spiro atoms. The molecule has 23 heavy (non-hydrogen) atoms. The normalized spacial score (nSPS) is 12.8. The highest BCUT2D eigenvalue weighted by molar-refractivity contribution is 7.89. The van der Waals surface area contributed by atoms with Gasteiger partial charge in [0.05, 0.1) is 17.5 Å². The molecule has 1 atom stereocenters. The molecule has 130 valence electrons. The zero-order valence-corrected chi connectivity index (χ0v) is 14.4. The van der Waals surface area contributed by atoms with Gasteiger partial charge in [-0.15, -0.1) is 0 Å². The second-order valence-electron chi connectivity index (χ2n) is 5.15. The van der Waals surface area contributed by atoms with E-state index in [0.29, 0.717) is 19.6 Å². The van der Waals surface area contributed by atoms with Crippen molar-refractivity contribution in [1.82, 2.24) is 10.0 Å². The highest BCUT2D eigenvalue weighted by Gasteiger charge is 2.14. The van der Waals surface area contributed by atoms with Crippen LogP contribution in [-0.4, -0.2) is 40.6 Å². The predicted octanol–water partition coefficient (Wildman–Crippen LogP) is 0.355. The number of carbonyl (C=O) groups is 1. The van der Waals surface area contributed by atoms with Crippen molar-refractivity contribution in [2.75, 3.05) is 20.3 Å². The van der Waals surface area contributed by atoms with Gasteiger partial charge in [0, 0.05) is 20.2 Å². The number of carbonyl (C=O) groups excluding carboxylic acids is 1. The molecular formula is C15H25N3O4S. The van der Waals surface area contributed by atoms with Crippen LogP contribution in [0.1, 0.15) is 25.3 Å². The fraction of sp³-hybridized carbons (Fsp3) is 0.533. The van der Waals surface area contributed by atoms with Gasteiger partial charge >= 0.3 is 0 Å². The van der Waals surface area contributed by atoms with Crippen molar-refractivity contribution in [3.63, 3.8) is 0 Å². The fourth-order valence-corrected chi connectivity index (χ4v) is 2.92. The summed E-state index contributed by atoms with van der Waals surface area (Å²) < 4.78 is 31.2. The van der Waals surface area contributed by atoms with Crippen LogP contribution in [0.25, 0.3) is 0 Å². The Kier molecular flexibility index (Phi) is 8.18. The van der Waals surface area contributed by atoms with E-state index < -0.39 is 16.1 Å². The number of nitrogens with two attached hydrogens (primary N) is 1. The van der Waals surface area contributed by atoms with Gasteiger partial charge in [-0.3, -0.25) is 4.79 Å². The Balaban J connectivity index is 2.58. The van der Waals surface area contributed by atoms with Gasteiger partial charge < -0.3 is 15.8 Å². The molecule has 8 heteroatoms. The third kappa shape index (κ3) is 6.66. The van der Waals surface area contributed by atoms with Crippen molar-refractivity contribution < 1.29 is 17.9 Å².